The van der Waals surface area contributed by atoms with E-state index in [0.29, 0.717) is 32.5 Å². The molecule has 0 amide bonds. The van der Waals surface area contributed by atoms with Crippen LogP contribution in [0.4, 0.5) is 13.2 Å². The molecule has 0 aliphatic heterocycles. The first-order chi connectivity index (χ1) is 29.0. The maximum absolute atomic E-state index is 12.2. The molecule has 0 bridgehead atoms. The zero-order chi connectivity index (χ0) is 48.3. The van der Waals surface area contributed by atoms with Crippen molar-refractivity contribution in [3.8, 4) is 39.9 Å². The van der Waals surface area contributed by atoms with Crippen LogP contribution in [0.3, 0.4) is 0 Å². The summed E-state index contributed by atoms with van der Waals surface area (Å²) in [5.74, 6) is 1.39. The second-order valence-electron chi connectivity index (χ2n) is 14.5. The average molecular weight is 1990 g/mol. The first kappa shape index (κ1) is 60.5. The highest BCUT2D eigenvalue weighted by molar-refractivity contribution is 14.1. The van der Waals surface area contributed by atoms with Crippen LogP contribution >= 0.6 is 226 Å². The van der Waals surface area contributed by atoms with Gasteiger partial charge in [0.05, 0.1) is 37.7 Å². The lowest BCUT2D eigenvalue weighted by Crippen LogP contribution is -2.11. The molecule has 0 spiro atoms. The van der Waals surface area contributed by atoms with E-state index in [9.17, 15) is 33.6 Å². The molecule has 0 heterocycles. The van der Waals surface area contributed by atoms with Gasteiger partial charge in [-0.2, -0.15) is 13.2 Å². The summed E-state index contributed by atoms with van der Waals surface area (Å²) in [5, 5.41) is 47.2. The van der Waals surface area contributed by atoms with Crippen molar-refractivity contribution in [2.75, 3.05) is 0 Å². The summed E-state index contributed by atoms with van der Waals surface area (Å²) in [6.07, 6.45) is -4.49. The minimum absolute atomic E-state index is 0.146. The number of aryl methyl sites for hydroxylation is 1. The normalized spacial score (nSPS) is 10.9. The van der Waals surface area contributed by atoms with E-state index in [1.807, 2.05) is 73.7 Å². The number of halogens is 13. The molecular weight excluding hydrogens is 1950 g/mol. The zero-order valence-electron chi connectivity index (χ0n) is 33.9. The van der Waals surface area contributed by atoms with Gasteiger partial charge in [-0.15, -0.1) is 0 Å². The molecule has 6 aromatic carbocycles. The van der Waals surface area contributed by atoms with Gasteiger partial charge in [-0.25, -0.2) is 0 Å². The molecule has 63 heavy (non-hydrogen) atoms. The molecule has 0 fully saturated rings. The lowest BCUT2D eigenvalue weighted by molar-refractivity contribution is -0.138. The zero-order valence-corrected chi connectivity index (χ0v) is 55.5. The maximum atomic E-state index is 12.2. The molecule has 0 radical (unpaired) electrons. The maximum Gasteiger partial charge on any atom is 0.420 e. The summed E-state index contributed by atoms with van der Waals surface area (Å²) < 4.78 is 44.7. The third-order valence-corrected chi connectivity index (χ3v) is 16.2. The second-order valence-corrected chi connectivity index (χ2v) is 26.2. The first-order valence-corrected chi connectivity index (χ1v) is 28.7. The number of phenolic OH excluding ortho intramolecular Hbond substituents is 5. The fourth-order valence-corrected chi connectivity index (χ4v) is 14.0. The largest absolute Gasteiger partial charge is 0.506 e. The molecule has 5 nitrogen and oxygen atoms in total. The van der Waals surface area contributed by atoms with Crippen molar-refractivity contribution in [3.05, 3.63) is 149 Å². The van der Waals surface area contributed by atoms with Gasteiger partial charge in [-0.3, -0.25) is 0 Å². The number of hydrogen-bond donors (Lipinski definition) is 5. The molecule has 340 valence electrons. The topological polar surface area (TPSA) is 101 Å². The molecule has 0 aliphatic rings. The second kappa shape index (κ2) is 27.7. The van der Waals surface area contributed by atoms with E-state index < -0.39 is 17.5 Å². The van der Waals surface area contributed by atoms with Gasteiger partial charge >= 0.3 is 6.18 Å². The van der Waals surface area contributed by atoms with E-state index in [-0.39, 0.29) is 8.99 Å². The highest BCUT2D eigenvalue weighted by Gasteiger charge is 2.35. The Kier molecular flexibility index (Phi) is 26.6. The Bertz CT molecular complexity index is 2400. The summed E-state index contributed by atoms with van der Waals surface area (Å²) in [6.45, 7) is 12.8. The number of aromatic hydroxyl groups is 5. The number of benzene rings is 6. The number of hydrogen-bond acceptors (Lipinski definition) is 5. The van der Waals surface area contributed by atoms with Crippen molar-refractivity contribution in [1.29, 1.82) is 0 Å². The Morgan fingerprint density at radius 2 is 0.794 bits per heavy atom. The van der Waals surface area contributed by atoms with Crippen LogP contribution in [0, 0.1) is 42.6 Å². The quantitative estimate of drug-likeness (QED) is 0.111. The molecular formula is C45H39F3I10O5. The molecule has 0 atom stereocenters. The van der Waals surface area contributed by atoms with Gasteiger partial charge < -0.3 is 25.5 Å². The SMILES string of the molecule is CC(C)(C)c1cc(I)c(O)c(I)c1.CC(C)c1cc(I)c(O)c(I)c1.Cc1cc(I)c(O)c(I)c1.Oc1c(I)cc(-c2ccccc2)cc1I.Oc1c(I)cc(I)cc1C(F)(F)F. The van der Waals surface area contributed by atoms with Crippen molar-refractivity contribution < 1.29 is 38.7 Å². The Morgan fingerprint density at radius 3 is 1.16 bits per heavy atom. The summed E-state index contributed by atoms with van der Waals surface area (Å²) in [4.78, 5) is 0. The summed E-state index contributed by atoms with van der Waals surface area (Å²) >= 11 is 20.6. The molecule has 0 saturated heterocycles. The van der Waals surface area contributed by atoms with Crippen molar-refractivity contribution in [1.82, 2.24) is 0 Å². The van der Waals surface area contributed by atoms with E-state index in [1.54, 1.807) is 45.2 Å². The predicted octanol–water partition coefficient (Wildman–Crippen LogP) is 18.4. The van der Waals surface area contributed by atoms with E-state index in [2.05, 4.69) is 227 Å². The van der Waals surface area contributed by atoms with Crippen LogP contribution in [0.1, 0.15) is 62.8 Å². The summed E-state index contributed by atoms with van der Waals surface area (Å²) in [5.41, 5.74) is 5.21. The van der Waals surface area contributed by atoms with Gasteiger partial charge in [0.2, 0.25) is 0 Å². The number of rotatable bonds is 2. The van der Waals surface area contributed by atoms with Gasteiger partial charge in [0.25, 0.3) is 0 Å². The fraction of sp³-hybridized carbons (Fsp3) is 0.200. The van der Waals surface area contributed by atoms with Crippen molar-refractivity contribution in [2.24, 2.45) is 0 Å². The Labute approximate surface area is 503 Å². The summed E-state index contributed by atoms with van der Waals surface area (Å²) in [6, 6.07) is 28.6. The Hall–Kier alpha value is 1.41. The van der Waals surface area contributed by atoms with Gasteiger partial charge in [0.1, 0.15) is 28.7 Å². The molecule has 0 aliphatic carbocycles. The van der Waals surface area contributed by atoms with Gasteiger partial charge in [0, 0.05) is 3.57 Å². The smallest absolute Gasteiger partial charge is 0.420 e. The summed E-state index contributed by atoms with van der Waals surface area (Å²) in [7, 11) is 0. The average Bonchev–Trinajstić information content (AvgIpc) is 3.18. The van der Waals surface area contributed by atoms with Crippen molar-refractivity contribution in [3.63, 3.8) is 0 Å². The molecule has 0 unspecified atom stereocenters. The highest BCUT2D eigenvalue weighted by atomic mass is 127. The minimum Gasteiger partial charge on any atom is -0.506 e. The molecule has 0 saturated carbocycles. The van der Waals surface area contributed by atoms with Crippen LogP contribution in [0.25, 0.3) is 11.1 Å². The van der Waals surface area contributed by atoms with Crippen molar-refractivity contribution >= 4 is 226 Å². The molecule has 5 N–H and O–H groups in total. The minimum atomic E-state index is -4.49. The molecule has 18 heteroatoms. The van der Waals surface area contributed by atoms with Gasteiger partial charge in [-0.05, 0) is 333 Å². The van der Waals surface area contributed by atoms with E-state index >= 15 is 0 Å². The third kappa shape index (κ3) is 20.0. The Balaban J connectivity index is 0.000000272. The van der Waals surface area contributed by atoms with Crippen LogP contribution in [0.15, 0.2) is 91.0 Å². The van der Waals surface area contributed by atoms with Gasteiger partial charge in [-0.1, -0.05) is 65.0 Å². The van der Waals surface area contributed by atoms with Crippen LogP contribution in [-0.2, 0) is 11.6 Å². The van der Waals surface area contributed by atoms with Crippen LogP contribution < -0.4 is 0 Å². The first-order valence-electron chi connectivity index (χ1n) is 18.0. The van der Waals surface area contributed by atoms with Crippen LogP contribution in [0.5, 0.6) is 28.7 Å². The number of alkyl halides is 3. The lowest BCUT2D eigenvalue weighted by atomic mass is 9.87. The van der Waals surface area contributed by atoms with Crippen molar-refractivity contribution in [2.45, 2.75) is 59.1 Å². The van der Waals surface area contributed by atoms with Gasteiger partial charge in [0.15, 0.2) is 0 Å². The molecule has 6 aromatic rings. The number of phenols is 5. The van der Waals surface area contributed by atoms with Crippen LogP contribution in [-0.4, -0.2) is 25.5 Å². The predicted molar refractivity (Wildman–Crippen MR) is 336 cm³/mol. The molecule has 6 rings (SSSR count). The fourth-order valence-electron chi connectivity index (χ4n) is 4.75. The van der Waals surface area contributed by atoms with E-state index in [4.69, 9.17) is 5.11 Å². The monoisotopic (exact) mass is 1990 g/mol. The van der Waals surface area contributed by atoms with Crippen LogP contribution in [0.2, 0.25) is 0 Å². The Morgan fingerprint density at radius 1 is 0.444 bits per heavy atom. The van der Waals surface area contributed by atoms with E-state index in [1.165, 1.54) is 28.3 Å². The third-order valence-electron chi connectivity index (χ3n) is 8.21. The standard InChI is InChI=1S/C12H8I2O.C10H12I2O.C9H10I2O.C7H3F3I2O.C7H6I2O/c13-10-6-9(7-11(14)12(10)15)8-4-2-1-3-5-8;1-10(2,3)6-4-7(11)9(13)8(12)5-6;1-5(2)6-3-7(10)9(12)8(11)4-6;8-7(9,10)4-1-3(11)2-5(12)6(4)13;1-4-2-5(8)7(10)6(9)3-4/h1-7,15H;4-5,13H,1-3H3;3-5,12H,1-2H3;1-2,13H;2-3,10H,1H3. The highest BCUT2D eigenvalue weighted by Crippen LogP contribution is 2.39. The van der Waals surface area contributed by atoms with E-state index in [0.717, 1.165) is 40.2 Å². The lowest BCUT2D eigenvalue weighted by Gasteiger charge is -2.20. The molecule has 0 aromatic heterocycles.